The highest BCUT2D eigenvalue weighted by molar-refractivity contribution is 6.49. The highest BCUT2D eigenvalue weighted by atomic mass is 16.4. The van der Waals surface area contributed by atoms with E-state index < -0.39 is 24.9 Å². The lowest BCUT2D eigenvalue weighted by atomic mass is 9.50. The molecule has 14 heavy (non-hydrogen) atoms. The first-order chi connectivity index (χ1) is 6.30. The zero-order valence-electron chi connectivity index (χ0n) is 8.25. The number of rotatable bonds is 2. The maximum absolute atomic E-state index is 9.07. The van der Waals surface area contributed by atoms with Crippen LogP contribution in [-0.2, 0) is 0 Å². The van der Waals surface area contributed by atoms with Crippen LogP contribution in [0.1, 0.15) is 13.8 Å². The summed E-state index contributed by atoms with van der Waals surface area (Å²) in [5, 5.41) is 34.6. The van der Waals surface area contributed by atoms with Crippen LogP contribution in [0.2, 0.25) is 10.6 Å². The largest absolute Gasteiger partial charge is 0.465 e. The van der Waals surface area contributed by atoms with E-state index in [0.29, 0.717) is 0 Å². The fraction of sp³-hybridized carbons (Fsp3) is 0.500. The minimum absolute atomic E-state index is 0.853. The predicted molar refractivity (Wildman–Crippen MR) is 55.4 cm³/mol. The van der Waals surface area contributed by atoms with Gasteiger partial charge in [0.15, 0.2) is 0 Å². The molecule has 6 heteroatoms. The van der Waals surface area contributed by atoms with Crippen molar-refractivity contribution < 1.29 is 20.1 Å². The van der Waals surface area contributed by atoms with E-state index >= 15 is 0 Å². The molecule has 0 aromatic carbocycles. The van der Waals surface area contributed by atoms with Gasteiger partial charge in [0.2, 0.25) is 0 Å². The molecule has 0 atom stereocenters. The van der Waals surface area contributed by atoms with Crippen LogP contribution >= 0.6 is 0 Å². The Balaban J connectivity index is 2.89. The van der Waals surface area contributed by atoms with Gasteiger partial charge in [0, 0.05) is 10.6 Å². The summed E-state index contributed by atoms with van der Waals surface area (Å²) < 4.78 is 0. The van der Waals surface area contributed by atoms with Crippen molar-refractivity contribution >= 4 is 14.2 Å². The van der Waals surface area contributed by atoms with Crippen LogP contribution in [0.25, 0.3) is 0 Å². The maximum Gasteiger partial charge on any atom is 0.465 e. The lowest BCUT2D eigenvalue weighted by Gasteiger charge is -2.31. The Morgan fingerprint density at radius 3 is 1.07 bits per heavy atom. The Bertz CT molecular complexity index is 233. The second kappa shape index (κ2) is 3.55. The molecule has 4 nitrogen and oxygen atoms in total. The van der Waals surface area contributed by atoms with Crippen LogP contribution in [-0.4, -0.2) is 34.3 Å². The molecule has 0 saturated heterocycles. The minimum atomic E-state index is -1.49. The molecule has 1 rings (SSSR count). The lowest BCUT2D eigenvalue weighted by Crippen LogP contribution is -2.33. The summed E-state index contributed by atoms with van der Waals surface area (Å²) in [5.41, 5.74) is 0. The number of hydrogen-bond donors (Lipinski definition) is 4. The van der Waals surface area contributed by atoms with Gasteiger partial charge >= 0.3 is 14.2 Å². The number of hydrogen-bond acceptors (Lipinski definition) is 4. The second-order valence-electron chi connectivity index (χ2n) is 4.15. The van der Waals surface area contributed by atoms with Crippen molar-refractivity contribution in [2.45, 2.75) is 24.5 Å². The Morgan fingerprint density at radius 1 is 0.714 bits per heavy atom. The molecule has 0 amide bonds. The molecular formula is C8H14B2O4. The molecule has 0 heterocycles. The van der Waals surface area contributed by atoms with E-state index in [4.69, 9.17) is 20.1 Å². The third kappa shape index (κ3) is 1.93. The van der Waals surface area contributed by atoms with Gasteiger partial charge in [-0.25, -0.2) is 0 Å². The summed E-state index contributed by atoms with van der Waals surface area (Å²) in [6.07, 6.45) is 6.27. The molecule has 0 saturated carbocycles. The first-order valence-electron chi connectivity index (χ1n) is 4.43. The average molecular weight is 196 g/mol. The predicted octanol–water partition coefficient (Wildman–Crippen LogP) is -0.421. The van der Waals surface area contributed by atoms with Crippen molar-refractivity contribution in [2.75, 3.05) is 0 Å². The smallest absolute Gasteiger partial charge is 0.426 e. The van der Waals surface area contributed by atoms with E-state index in [0.717, 1.165) is 0 Å². The van der Waals surface area contributed by atoms with Crippen molar-refractivity contribution in [1.29, 1.82) is 0 Å². The van der Waals surface area contributed by atoms with Gasteiger partial charge in [-0.05, 0) is 0 Å². The molecule has 1 aliphatic rings. The molecule has 0 unspecified atom stereocenters. The summed E-state index contributed by atoms with van der Waals surface area (Å²) >= 11 is 0. The molecule has 0 radical (unpaired) electrons. The topological polar surface area (TPSA) is 80.9 Å². The van der Waals surface area contributed by atoms with Crippen molar-refractivity contribution in [3.05, 3.63) is 24.3 Å². The van der Waals surface area contributed by atoms with E-state index in [2.05, 4.69) is 0 Å². The number of allylic oxidation sites excluding steroid dienone is 4. The third-order valence-corrected chi connectivity index (χ3v) is 2.72. The van der Waals surface area contributed by atoms with Crippen LogP contribution < -0.4 is 0 Å². The molecule has 0 aromatic heterocycles. The highest BCUT2D eigenvalue weighted by Crippen LogP contribution is 2.43. The summed E-state index contributed by atoms with van der Waals surface area (Å²) in [7, 11) is -2.98. The van der Waals surface area contributed by atoms with E-state index in [1.165, 1.54) is 0 Å². The molecule has 4 N–H and O–H groups in total. The fourth-order valence-corrected chi connectivity index (χ4v) is 1.17. The van der Waals surface area contributed by atoms with Gasteiger partial charge < -0.3 is 20.1 Å². The normalized spacial score (nSPS) is 35.9. The van der Waals surface area contributed by atoms with Crippen molar-refractivity contribution in [1.82, 2.24) is 0 Å². The van der Waals surface area contributed by atoms with Crippen LogP contribution in [0.4, 0.5) is 0 Å². The Hall–Kier alpha value is -0.550. The van der Waals surface area contributed by atoms with Gasteiger partial charge in [0.05, 0.1) is 0 Å². The molecule has 0 aliphatic heterocycles. The molecule has 0 aromatic rings. The van der Waals surface area contributed by atoms with Crippen molar-refractivity contribution in [3.8, 4) is 0 Å². The quantitative estimate of drug-likeness (QED) is 0.357. The Morgan fingerprint density at radius 2 is 0.929 bits per heavy atom. The average Bonchev–Trinajstić information content (AvgIpc) is 2.10. The molecule has 1 aliphatic carbocycles. The van der Waals surface area contributed by atoms with Crippen LogP contribution in [0.5, 0.6) is 0 Å². The SMILES string of the molecule is CC1(B(O)O)C=CC(C)(B(O)O)C=C1. The summed E-state index contributed by atoms with van der Waals surface area (Å²) in [4.78, 5) is 0. The maximum atomic E-state index is 9.07. The first-order valence-corrected chi connectivity index (χ1v) is 4.43. The van der Waals surface area contributed by atoms with Crippen LogP contribution in [0.15, 0.2) is 24.3 Å². The van der Waals surface area contributed by atoms with Crippen LogP contribution in [0.3, 0.4) is 0 Å². The van der Waals surface area contributed by atoms with Gasteiger partial charge in [-0.2, -0.15) is 0 Å². The van der Waals surface area contributed by atoms with Gasteiger partial charge in [0.25, 0.3) is 0 Å². The van der Waals surface area contributed by atoms with Gasteiger partial charge in [-0.3, -0.25) is 0 Å². The zero-order chi connectivity index (χ0) is 11.0. The molecular weight excluding hydrogens is 182 g/mol. The van der Waals surface area contributed by atoms with Gasteiger partial charge in [-0.1, -0.05) is 38.2 Å². The monoisotopic (exact) mass is 196 g/mol. The van der Waals surface area contributed by atoms with Crippen molar-refractivity contribution in [2.24, 2.45) is 0 Å². The Kier molecular flexibility index (Phi) is 2.92. The Labute approximate surface area is 83.9 Å². The van der Waals surface area contributed by atoms with E-state index in [9.17, 15) is 0 Å². The van der Waals surface area contributed by atoms with Gasteiger partial charge in [-0.15, -0.1) is 0 Å². The lowest BCUT2D eigenvalue weighted by molar-refractivity contribution is 0.371. The summed E-state index contributed by atoms with van der Waals surface area (Å²) in [6, 6.07) is 0. The zero-order valence-corrected chi connectivity index (χ0v) is 8.25. The highest BCUT2D eigenvalue weighted by Gasteiger charge is 2.40. The van der Waals surface area contributed by atoms with E-state index in [-0.39, 0.29) is 0 Å². The first kappa shape index (κ1) is 11.5. The van der Waals surface area contributed by atoms with E-state index in [1.807, 2.05) is 0 Å². The molecule has 0 spiro atoms. The molecule has 76 valence electrons. The minimum Gasteiger partial charge on any atom is -0.426 e. The van der Waals surface area contributed by atoms with Gasteiger partial charge in [0.1, 0.15) is 0 Å². The summed E-state index contributed by atoms with van der Waals surface area (Å²) in [5.74, 6) is 0. The molecule has 0 fully saturated rings. The fourth-order valence-electron chi connectivity index (χ4n) is 1.17. The van der Waals surface area contributed by atoms with Crippen LogP contribution in [0, 0.1) is 0 Å². The van der Waals surface area contributed by atoms with E-state index in [1.54, 1.807) is 38.2 Å². The third-order valence-electron chi connectivity index (χ3n) is 2.72. The second-order valence-corrected chi connectivity index (χ2v) is 4.15. The standard InChI is InChI=1S/C8H14B2O4/c1-7(9(11)12)3-5-8(2,6-4-7)10(13)14/h3-6,11-14H,1-2H3. The molecule has 0 bridgehead atoms. The van der Waals surface area contributed by atoms with Crippen molar-refractivity contribution in [3.63, 3.8) is 0 Å². The summed E-state index contributed by atoms with van der Waals surface area (Å²) in [6.45, 7) is 3.29.